The number of nitrogens with one attached hydrogen (secondary N) is 2. The van der Waals surface area contributed by atoms with Gasteiger partial charge in [0.05, 0.1) is 15.7 Å². The smallest absolute Gasteiger partial charge is 0.171 e. The number of rotatable bonds is 4. The zero-order valence-electron chi connectivity index (χ0n) is 12.5. The summed E-state index contributed by atoms with van der Waals surface area (Å²) in [5, 5.41) is 12.0. The van der Waals surface area contributed by atoms with Crippen LogP contribution in [0.2, 0.25) is 10.0 Å². The first-order valence-corrected chi connectivity index (χ1v) is 8.37. The molecular formula is C17H14Cl2N4S. The third-order valence-corrected chi connectivity index (χ3v) is 4.32. The minimum Gasteiger partial charge on any atom is -0.358 e. The van der Waals surface area contributed by atoms with Crippen LogP contribution in [-0.2, 0) is 6.54 Å². The minimum absolute atomic E-state index is 0.485. The second-order valence-corrected chi connectivity index (χ2v) is 6.28. The molecule has 0 bridgehead atoms. The summed E-state index contributed by atoms with van der Waals surface area (Å²) in [6, 6.07) is 15.3. The van der Waals surface area contributed by atoms with Crippen molar-refractivity contribution >= 4 is 46.2 Å². The van der Waals surface area contributed by atoms with E-state index in [0.29, 0.717) is 21.7 Å². The van der Waals surface area contributed by atoms with Crippen LogP contribution in [0.3, 0.4) is 0 Å². The van der Waals surface area contributed by atoms with Gasteiger partial charge in [-0.15, -0.1) is 0 Å². The predicted octanol–water partition coefficient (Wildman–Crippen LogP) is 4.67. The Hall–Kier alpha value is -2.08. The number of nitrogens with zero attached hydrogens (tertiary/aromatic N) is 2. The van der Waals surface area contributed by atoms with E-state index in [1.807, 2.05) is 47.3 Å². The lowest BCUT2D eigenvalue weighted by molar-refractivity contribution is 0.874. The van der Waals surface area contributed by atoms with Crippen molar-refractivity contribution < 1.29 is 0 Å². The third-order valence-electron chi connectivity index (χ3n) is 3.34. The van der Waals surface area contributed by atoms with Gasteiger partial charge in [-0.05, 0) is 54.2 Å². The van der Waals surface area contributed by atoms with E-state index in [9.17, 15) is 0 Å². The van der Waals surface area contributed by atoms with Crippen LogP contribution in [0.15, 0.2) is 60.9 Å². The lowest BCUT2D eigenvalue weighted by atomic mass is 10.2. The number of aromatic nitrogens is 2. The van der Waals surface area contributed by atoms with Crippen LogP contribution < -0.4 is 10.6 Å². The molecule has 3 rings (SSSR count). The second-order valence-electron chi connectivity index (χ2n) is 5.05. The molecule has 0 aliphatic heterocycles. The Morgan fingerprint density at radius 2 is 1.88 bits per heavy atom. The minimum atomic E-state index is 0.485. The number of thiocarbonyl (C=S) groups is 1. The summed E-state index contributed by atoms with van der Waals surface area (Å²) < 4.78 is 1.81. The van der Waals surface area contributed by atoms with Gasteiger partial charge in [-0.3, -0.25) is 0 Å². The first-order valence-electron chi connectivity index (χ1n) is 7.21. The fraction of sp³-hybridized carbons (Fsp3) is 0.0588. The summed E-state index contributed by atoms with van der Waals surface area (Å²) in [5.74, 6) is 0. The second kappa shape index (κ2) is 7.66. The Bertz CT molecular complexity index is 832. The summed E-state index contributed by atoms with van der Waals surface area (Å²) in [5.41, 5.74) is 2.92. The molecule has 0 unspecified atom stereocenters. The van der Waals surface area contributed by atoms with Crippen LogP contribution in [0.5, 0.6) is 0 Å². The van der Waals surface area contributed by atoms with Gasteiger partial charge in [-0.2, -0.15) is 5.10 Å². The van der Waals surface area contributed by atoms with Crippen LogP contribution in [0.1, 0.15) is 5.56 Å². The van der Waals surface area contributed by atoms with Gasteiger partial charge in [0.15, 0.2) is 5.11 Å². The van der Waals surface area contributed by atoms with Gasteiger partial charge in [0.25, 0.3) is 0 Å². The monoisotopic (exact) mass is 376 g/mol. The van der Waals surface area contributed by atoms with Crippen molar-refractivity contribution in [3.05, 3.63) is 76.5 Å². The molecule has 7 heteroatoms. The van der Waals surface area contributed by atoms with Crippen molar-refractivity contribution in [2.24, 2.45) is 0 Å². The number of benzene rings is 2. The zero-order chi connectivity index (χ0) is 16.9. The fourth-order valence-corrected chi connectivity index (χ4v) is 2.61. The van der Waals surface area contributed by atoms with Crippen LogP contribution in [0, 0.1) is 0 Å². The van der Waals surface area contributed by atoms with E-state index < -0.39 is 0 Å². The first kappa shape index (κ1) is 16.8. The van der Waals surface area contributed by atoms with Crippen molar-refractivity contribution in [1.29, 1.82) is 0 Å². The van der Waals surface area contributed by atoms with E-state index in [0.717, 1.165) is 16.9 Å². The summed E-state index contributed by atoms with van der Waals surface area (Å²) in [7, 11) is 0. The van der Waals surface area contributed by atoms with Crippen molar-refractivity contribution in [2.45, 2.75) is 6.54 Å². The molecule has 1 aromatic heterocycles. The highest BCUT2D eigenvalue weighted by Gasteiger charge is 2.02. The van der Waals surface area contributed by atoms with E-state index >= 15 is 0 Å². The van der Waals surface area contributed by atoms with Gasteiger partial charge in [0.1, 0.15) is 0 Å². The molecule has 0 radical (unpaired) electrons. The van der Waals surface area contributed by atoms with E-state index in [2.05, 4.69) is 15.7 Å². The van der Waals surface area contributed by atoms with Gasteiger partial charge in [-0.1, -0.05) is 35.3 Å². The topological polar surface area (TPSA) is 41.9 Å². The predicted molar refractivity (Wildman–Crippen MR) is 103 cm³/mol. The third kappa shape index (κ3) is 4.26. The van der Waals surface area contributed by atoms with Gasteiger partial charge >= 0.3 is 0 Å². The van der Waals surface area contributed by atoms with E-state index in [1.54, 1.807) is 18.3 Å². The van der Waals surface area contributed by atoms with E-state index in [4.69, 9.17) is 35.4 Å². The van der Waals surface area contributed by atoms with Gasteiger partial charge in [0.2, 0.25) is 0 Å². The molecule has 3 aromatic rings. The molecule has 2 N–H and O–H groups in total. The van der Waals surface area contributed by atoms with Crippen molar-refractivity contribution in [3.8, 4) is 5.69 Å². The maximum atomic E-state index is 5.98. The van der Waals surface area contributed by atoms with Gasteiger partial charge in [-0.25, -0.2) is 4.68 Å². The Morgan fingerprint density at radius 1 is 1.08 bits per heavy atom. The summed E-state index contributed by atoms with van der Waals surface area (Å²) in [6.45, 7) is 0.618. The molecule has 0 fully saturated rings. The lowest BCUT2D eigenvalue weighted by Gasteiger charge is -2.11. The van der Waals surface area contributed by atoms with Crippen LogP contribution in [0.4, 0.5) is 5.69 Å². The van der Waals surface area contributed by atoms with E-state index in [-0.39, 0.29) is 0 Å². The molecule has 0 spiro atoms. The largest absolute Gasteiger partial charge is 0.358 e. The maximum absolute atomic E-state index is 5.98. The molecule has 0 saturated carbocycles. The molecule has 2 aromatic carbocycles. The number of hydrogen-bond acceptors (Lipinski definition) is 2. The van der Waals surface area contributed by atoms with Crippen molar-refractivity contribution in [2.75, 3.05) is 5.32 Å². The molecular weight excluding hydrogens is 363 g/mol. The molecule has 24 heavy (non-hydrogen) atoms. The summed E-state index contributed by atoms with van der Waals surface area (Å²) in [4.78, 5) is 0. The SMILES string of the molecule is S=C(NCc1ccc(-n2cccn2)cc1)Nc1ccc(Cl)c(Cl)c1. The zero-order valence-corrected chi connectivity index (χ0v) is 14.9. The molecule has 4 nitrogen and oxygen atoms in total. The van der Waals surface area contributed by atoms with Crippen LogP contribution in [-0.4, -0.2) is 14.9 Å². The number of anilines is 1. The molecule has 0 aliphatic carbocycles. The molecule has 122 valence electrons. The average Bonchev–Trinajstić information content (AvgIpc) is 3.11. The maximum Gasteiger partial charge on any atom is 0.171 e. The average molecular weight is 377 g/mol. The fourth-order valence-electron chi connectivity index (χ4n) is 2.12. The van der Waals surface area contributed by atoms with E-state index in [1.165, 1.54) is 0 Å². The normalized spacial score (nSPS) is 10.4. The Labute approximate surface area is 155 Å². The number of hydrogen-bond donors (Lipinski definition) is 2. The van der Waals surface area contributed by atoms with Crippen LogP contribution >= 0.6 is 35.4 Å². The number of halogens is 2. The Morgan fingerprint density at radius 3 is 2.54 bits per heavy atom. The molecule has 0 atom stereocenters. The highest BCUT2D eigenvalue weighted by molar-refractivity contribution is 7.80. The standard InChI is InChI=1S/C17H14Cl2N4S/c18-15-7-4-13(10-16(15)19)22-17(24)20-11-12-2-5-14(6-3-12)23-9-1-8-21-23/h1-10H,11H2,(H2,20,22,24). The Balaban J connectivity index is 1.55. The van der Waals surface area contributed by atoms with Gasteiger partial charge < -0.3 is 10.6 Å². The lowest BCUT2D eigenvalue weighted by Crippen LogP contribution is -2.27. The summed E-state index contributed by atoms with van der Waals surface area (Å²) >= 11 is 17.2. The summed E-state index contributed by atoms with van der Waals surface area (Å²) in [6.07, 6.45) is 3.66. The quantitative estimate of drug-likeness (QED) is 0.649. The highest BCUT2D eigenvalue weighted by atomic mass is 35.5. The van der Waals surface area contributed by atoms with Crippen LogP contribution in [0.25, 0.3) is 5.69 Å². The van der Waals surface area contributed by atoms with Crippen molar-refractivity contribution in [3.63, 3.8) is 0 Å². The molecule has 1 heterocycles. The molecule has 0 saturated heterocycles. The Kier molecular flexibility index (Phi) is 5.35. The van der Waals surface area contributed by atoms with Gasteiger partial charge in [0, 0.05) is 24.6 Å². The first-order chi connectivity index (χ1) is 11.6. The van der Waals surface area contributed by atoms with Crippen molar-refractivity contribution in [1.82, 2.24) is 15.1 Å². The molecule has 0 aliphatic rings. The molecule has 0 amide bonds. The highest BCUT2D eigenvalue weighted by Crippen LogP contribution is 2.24.